The smallest absolute Gasteiger partial charge is 0.242 e. The van der Waals surface area contributed by atoms with Gasteiger partial charge < -0.3 is 15.6 Å². The van der Waals surface area contributed by atoms with E-state index in [1.807, 2.05) is 0 Å². The number of hydrogen-bond acceptors (Lipinski definition) is 3. The van der Waals surface area contributed by atoms with Gasteiger partial charge in [-0.3, -0.25) is 4.79 Å². The van der Waals surface area contributed by atoms with Gasteiger partial charge >= 0.3 is 0 Å². The molecule has 4 nitrogen and oxygen atoms in total. The second-order valence-electron chi connectivity index (χ2n) is 4.35. The molecule has 0 unspecified atom stereocenters. The van der Waals surface area contributed by atoms with Gasteiger partial charge in [0.15, 0.2) is 11.5 Å². The molecule has 1 amide bonds. The first-order valence-corrected chi connectivity index (χ1v) is 6.53. The summed E-state index contributed by atoms with van der Waals surface area (Å²) in [5.41, 5.74) is 7.27. The third-order valence-corrected chi connectivity index (χ3v) is 3.18. The molecule has 0 radical (unpaired) electrons. The van der Waals surface area contributed by atoms with Crippen LogP contribution in [0.15, 0.2) is 48.5 Å². The first-order valence-electron chi connectivity index (χ1n) is 6.15. The van der Waals surface area contributed by atoms with Gasteiger partial charge in [-0.1, -0.05) is 29.8 Å². The van der Waals surface area contributed by atoms with Gasteiger partial charge in [-0.2, -0.15) is 0 Å². The number of amides is 1. The maximum Gasteiger partial charge on any atom is 0.242 e. The molecular weight excluding hydrogens is 290 g/mol. The molecule has 0 heterocycles. The number of phenols is 1. The Kier molecular flexibility index (Phi) is 4.50. The number of halogens is 1. The summed E-state index contributed by atoms with van der Waals surface area (Å²) < 4.78 is 5.00. The van der Waals surface area contributed by atoms with E-state index in [1.165, 1.54) is 19.3 Å². The minimum Gasteiger partial charge on any atom is -0.504 e. The molecule has 2 rings (SSSR count). The fourth-order valence-electron chi connectivity index (χ4n) is 1.96. The van der Waals surface area contributed by atoms with Gasteiger partial charge in [-0.15, -0.1) is 0 Å². The largest absolute Gasteiger partial charge is 0.504 e. The zero-order valence-corrected chi connectivity index (χ0v) is 12.1. The summed E-state index contributed by atoms with van der Waals surface area (Å²) in [6, 6.07) is 11.9. The summed E-state index contributed by atoms with van der Waals surface area (Å²) in [7, 11) is 1.47. The van der Waals surface area contributed by atoms with E-state index < -0.39 is 5.91 Å². The Morgan fingerprint density at radius 2 is 1.81 bits per heavy atom. The molecule has 2 aromatic rings. The molecule has 0 fully saturated rings. The predicted octanol–water partition coefficient (Wildman–Crippen LogP) is 2.97. The van der Waals surface area contributed by atoms with Crippen molar-refractivity contribution in [2.45, 2.75) is 0 Å². The fourth-order valence-corrected chi connectivity index (χ4v) is 2.09. The minimum absolute atomic E-state index is 0.0145. The van der Waals surface area contributed by atoms with Crippen LogP contribution in [0.3, 0.4) is 0 Å². The van der Waals surface area contributed by atoms with Crippen molar-refractivity contribution in [2.75, 3.05) is 7.11 Å². The lowest BCUT2D eigenvalue weighted by Crippen LogP contribution is -2.07. The molecule has 0 aliphatic heterocycles. The predicted molar refractivity (Wildman–Crippen MR) is 82.4 cm³/mol. The molecule has 0 aliphatic rings. The van der Waals surface area contributed by atoms with Gasteiger partial charge in [0, 0.05) is 11.1 Å². The Bertz CT molecular complexity index is 693. The highest BCUT2D eigenvalue weighted by molar-refractivity contribution is 6.30. The average Bonchev–Trinajstić information content (AvgIpc) is 2.45. The van der Waals surface area contributed by atoms with Crippen LogP contribution in [0.4, 0.5) is 0 Å². The van der Waals surface area contributed by atoms with Crippen molar-refractivity contribution < 1.29 is 14.6 Å². The second kappa shape index (κ2) is 6.33. The highest BCUT2D eigenvalue weighted by Crippen LogP contribution is 2.32. The van der Waals surface area contributed by atoms with Crippen LogP contribution in [-0.2, 0) is 4.79 Å². The van der Waals surface area contributed by atoms with Crippen molar-refractivity contribution in [2.24, 2.45) is 5.73 Å². The molecule has 0 atom stereocenters. The normalized spacial score (nSPS) is 11.2. The molecule has 108 valence electrons. The number of benzene rings is 2. The molecule has 0 saturated carbocycles. The Morgan fingerprint density at radius 3 is 2.33 bits per heavy atom. The first-order chi connectivity index (χ1) is 10.0. The third kappa shape index (κ3) is 3.55. The Labute approximate surface area is 127 Å². The molecule has 0 aromatic heterocycles. The van der Waals surface area contributed by atoms with Crippen LogP contribution in [0.5, 0.6) is 11.5 Å². The maximum atomic E-state index is 11.3. The van der Waals surface area contributed by atoms with Gasteiger partial charge in [0.25, 0.3) is 0 Å². The zero-order chi connectivity index (χ0) is 15.4. The summed E-state index contributed by atoms with van der Waals surface area (Å²) >= 11 is 5.87. The summed E-state index contributed by atoms with van der Waals surface area (Å²) in [6.07, 6.45) is 1.31. The number of phenolic OH excluding ortho intramolecular Hbond substituents is 1. The average molecular weight is 304 g/mol. The van der Waals surface area contributed by atoms with Crippen molar-refractivity contribution in [3.05, 3.63) is 64.7 Å². The lowest BCUT2D eigenvalue weighted by Gasteiger charge is -2.10. The lowest BCUT2D eigenvalue weighted by atomic mass is 9.97. The highest BCUT2D eigenvalue weighted by Gasteiger charge is 2.10. The monoisotopic (exact) mass is 303 g/mol. The number of nitrogens with two attached hydrogens (primary N) is 1. The van der Waals surface area contributed by atoms with Crippen LogP contribution in [0.25, 0.3) is 5.57 Å². The van der Waals surface area contributed by atoms with Crippen molar-refractivity contribution >= 4 is 23.1 Å². The lowest BCUT2D eigenvalue weighted by molar-refractivity contribution is -0.113. The molecule has 0 bridgehead atoms. The maximum absolute atomic E-state index is 11.3. The Balaban J connectivity index is 2.53. The molecule has 2 aromatic carbocycles. The number of carbonyl (C=O) groups excluding carboxylic acids is 1. The van der Waals surface area contributed by atoms with Crippen LogP contribution in [-0.4, -0.2) is 18.1 Å². The standard InChI is InChI=1S/C16H14ClNO3/c1-21-15-7-4-11(8-14(15)19)13(9-16(18)20)10-2-5-12(17)6-3-10/h2-9,19H,1H3,(H2,18,20)/b13-9+. The van der Waals surface area contributed by atoms with Crippen molar-refractivity contribution in [3.8, 4) is 11.5 Å². The summed E-state index contributed by atoms with van der Waals surface area (Å²) in [5.74, 6) is -0.233. The van der Waals surface area contributed by atoms with E-state index >= 15 is 0 Å². The number of rotatable bonds is 4. The summed E-state index contributed by atoms with van der Waals surface area (Å²) in [4.78, 5) is 11.3. The number of carbonyl (C=O) groups is 1. The van der Waals surface area contributed by atoms with Gasteiger partial charge in [-0.25, -0.2) is 0 Å². The van der Waals surface area contributed by atoms with Gasteiger partial charge in [0.1, 0.15) is 0 Å². The SMILES string of the molecule is COc1ccc(/C(=C/C(N)=O)c2ccc(Cl)cc2)cc1O. The van der Waals surface area contributed by atoms with E-state index in [1.54, 1.807) is 36.4 Å². The molecule has 21 heavy (non-hydrogen) atoms. The molecular formula is C16H14ClNO3. The molecule has 3 N–H and O–H groups in total. The second-order valence-corrected chi connectivity index (χ2v) is 4.79. The Morgan fingerprint density at radius 1 is 1.19 bits per heavy atom. The van der Waals surface area contributed by atoms with Crippen LogP contribution in [0, 0.1) is 0 Å². The van der Waals surface area contributed by atoms with Crippen molar-refractivity contribution in [3.63, 3.8) is 0 Å². The number of primary amides is 1. The Hall–Kier alpha value is -2.46. The van der Waals surface area contributed by atoms with E-state index in [0.717, 1.165) is 5.56 Å². The number of methoxy groups -OCH3 is 1. The van der Waals surface area contributed by atoms with Crippen LogP contribution < -0.4 is 10.5 Å². The van der Waals surface area contributed by atoms with Crippen LogP contribution in [0.2, 0.25) is 5.02 Å². The van der Waals surface area contributed by atoms with Crippen molar-refractivity contribution in [1.29, 1.82) is 0 Å². The van der Waals surface area contributed by atoms with E-state index in [-0.39, 0.29) is 5.75 Å². The summed E-state index contributed by atoms with van der Waals surface area (Å²) in [5, 5.41) is 10.5. The quantitative estimate of drug-likeness (QED) is 0.853. The van der Waals surface area contributed by atoms with E-state index in [9.17, 15) is 9.90 Å². The fraction of sp³-hybridized carbons (Fsp3) is 0.0625. The third-order valence-electron chi connectivity index (χ3n) is 2.93. The van der Waals surface area contributed by atoms with Crippen LogP contribution >= 0.6 is 11.6 Å². The molecule has 5 heteroatoms. The number of hydrogen-bond donors (Lipinski definition) is 2. The molecule has 0 saturated heterocycles. The van der Waals surface area contributed by atoms with E-state index in [2.05, 4.69) is 0 Å². The van der Waals surface area contributed by atoms with Gasteiger partial charge in [-0.05, 0) is 41.0 Å². The highest BCUT2D eigenvalue weighted by atomic mass is 35.5. The van der Waals surface area contributed by atoms with Gasteiger partial charge in [0.05, 0.1) is 7.11 Å². The zero-order valence-electron chi connectivity index (χ0n) is 11.3. The molecule has 0 spiro atoms. The topological polar surface area (TPSA) is 72.5 Å². The van der Waals surface area contributed by atoms with Crippen molar-refractivity contribution in [1.82, 2.24) is 0 Å². The minimum atomic E-state index is -0.574. The number of ether oxygens (including phenoxy) is 1. The van der Waals surface area contributed by atoms with Gasteiger partial charge in [0.2, 0.25) is 5.91 Å². The first kappa shape index (κ1) is 14.9. The van der Waals surface area contributed by atoms with E-state index in [0.29, 0.717) is 21.9 Å². The number of aromatic hydroxyl groups is 1. The summed E-state index contributed by atoms with van der Waals surface area (Å²) in [6.45, 7) is 0. The van der Waals surface area contributed by atoms with Crippen LogP contribution in [0.1, 0.15) is 11.1 Å². The van der Waals surface area contributed by atoms with E-state index in [4.69, 9.17) is 22.1 Å². The molecule has 0 aliphatic carbocycles.